The Morgan fingerprint density at radius 2 is 1.90 bits per heavy atom. The molecule has 2 aliphatic rings. The molecule has 0 amide bonds. The van der Waals surface area contributed by atoms with Crippen LogP contribution in [0.15, 0.2) is 30.9 Å². The highest BCUT2D eigenvalue weighted by molar-refractivity contribution is 6.36. The Morgan fingerprint density at radius 1 is 1.10 bits per heavy atom. The van der Waals surface area contributed by atoms with Crippen LogP contribution in [-0.2, 0) is 12.5 Å². The van der Waals surface area contributed by atoms with Gasteiger partial charge in [0.15, 0.2) is 28.6 Å². The first-order chi connectivity index (χ1) is 18.7. The third kappa shape index (κ3) is 4.20. The third-order valence-corrected chi connectivity index (χ3v) is 7.91. The van der Waals surface area contributed by atoms with E-state index in [0.717, 1.165) is 30.0 Å². The molecule has 2 N–H and O–H groups in total. The molecule has 5 aromatic heterocycles. The number of fused-ring (bicyclic) bond motifs is 2. The van der Waals surface area contributed by atoms with Crippen LogP contribution in [0.5, 0.6) is 11.5 Å². The van der Waals surface area contributed by atoms with Crippen molar-refractivity contribution in [3.63, 3.8) is 0 Å². The van der Waals surface area contributed by atoms with Crippen LogP contribution < -0.4 is 10.1 Å². The van der Waals surface area contributed by atoms with E-state index in [4.69, 9.17) is 21.4 Å². The number of hydrogen-bond donors (Lipinski definition) is 2. The summed E-state index contributed by atoms with van der Waals surface area (Å²) in [7, 11) is 1.87. The Morgan fingerprint density at radius 3 is 2.62 bits per heavy atom. The molecule has 0 bridgehead atoms. The topological polar surface area (TPSA) is 120 Å². The number of aliphatic hydroxyl groups is 1. The second-order valence-corrected chi connectivity index (χ2v) is 12.0. The number of aromatic nitrogens is 8. The molecule has 12 heteroatoms. The molecule has 0 radical (unpaired) electrons. The normalized spacial score (nSPS) is 19.5. The van der Waals surface area contributed by atoms with E-state index in [1.807, 2.05) is 33.0 Å². The fourth-order valence-corrected chi connectivity index (χ4v) is 5.47. The van der Waals surface area contributed by atoms with Crippen LogP contribution in [-0.4, -0.2) is 49.9 Å². The summed E-state index contributed by atoms with van der Waals surface area (Å²) < 4.78 is 12.0. The van der Waals surface area contributed by atoms with Gasteiger partial charge in [0.25, 0.3) is 0 Å². The minimum Gasteiger partial charge on any atom is -0.451 e. The number of imidazole rings is 2. The van der Waals surface area contributed by atoms with E-state index in [-0.39, 0.29) is 17.6 Å². The summed E-state index contributed by atoms with van der Waals surface area (Å²) in [5.41, 5.74) is 2.92. The summed E-state index contributed by atoms with van der Waals surface area (Å²) in [6, 6.07) is 2.24. The van der Waals surface area contributed by atoms with Crippen LogP contribution in [0.25, 0.3) is 16.8 Å². The average Bonchev–Trinajstić information content (AvgIpc) is 3.34. The number of anilines is 2. The summed E-state index contributed by atoms with van der Waals surface area (Å²) in [5.74, 6) is 3.70. The molecular formula is C27H30ClN9O2. The van der Waals surface area contributed by atoms with E-state index in [1.165, 1.54) is 0 Å². The number of hydrogen-bond acceptors (Lipinski definition) is 8. The summed E-state index contributed by atoms with van der Waals surface area (Å²) in [5, 5.41) is 18.4. The zero-order valence-corrected chi connectivity index (χ0v) is 23.0. The predicted octanol–water partition coefficient (Wildman–Crippen LogP) is 5.27. The van der Waals surface area contributed by atoms with Crippen molar-refractivity contribution in [2.24, 2.45) is 7.05 Å². The van der Waals surface area contributed by atoms with E-state index >= 15 is 0 Å². The van der Waals surface area contributed by atoms with Crippen molar-refractivity contribution in [2.45, 2.75) is 69.9 Å². The lowest BCUT2D eigenvalue weighted by molar-refractivity contribution is 0.0411. The van der Waals surface area contributed by atoms with Gasteiger partial charge in [0.05, 0.1) is 36.9 Å². The standard InChI is InChI=1S/C27H30ClN9O2/c1-27(2,3)19-9-20(34-37(19)15-7-16(38)8-15)32-26-33-24-23(35(26)4)22(28)18(11-30-24)39-17-10-29-21-12-31-25(14-5-6-14)36(21)13-17/h9-16,38H,5-8H2,1-4H3,(H,30,32,33,34)/t15-,16-. The first kappa shape index (κ1) is 24.3. The number of pyridine rings is 1. The van der Waals surface area contributed by atoms with Gasteiger partial charge in [0, 0.05) is 30.1 Å². The second kappa shape index (κ2) is 8.65. The lowest BCUT2D eigenvalue weighted by Crippen LogP contribution is -2.34. The molecule has 39 heavy (non-hydrogen) atoms. The van der Waals surface area contributed by atoms with Gasteiger partial charge in [-0.1, -0.05) is 32.4 Å². The Labute approximate surface area is 229 Å². The summed E-state index contributed by atoms with van der Waals surface area (Å²) in [6.45, 7) is 6.48. The molecule has 0 unspecified atom stereocenters. The Balaban J connectivity index is 1.19. The van der Waals surface area contributed by atoms with Crippen LogP contribution in [0, 0.1) is 0 Å². The molecule has 202 valence electrons. The van der Waals surface area contributed by atoms with Gasteiger partial charge in [-0.3, -0.25) is 9.08 Å². The van der Waals surface area contributed by atoms with Crippen molar-refractivity contribution in [3.05, 3.63) is 47.4 Å². The molecule has 2 fully saturated rings. The van der Waals surface area contributed by atoms with Gasteiger partial charge in [-0.2, -0.15) is 10.1 Å². The molecule has 0 atom stereocenters. The maximum Gasteiger partial charge on any atom is 0.210 e. The fraction of sp³-hybridized carbons (Fsp3) is 0.444. The molecule has 0 aliphatic heterocycles. The molecule has 5 aromatic rings. The van der Waals surface area contributed by atoms with Gasteiger partial charge in [0.1, 0.15) is 16.4 Å². The lowest BCUT2D eigenvalue weighted by Gasteiger charge is -2.34. The molecule has 2 saturated carbocycles. The Hall–Kier alpha value is -3.70. The number of halogens is 1. The zero-order chi connectivity index (χ0) is 27.1. The van der Waals surface area contributed by atoms with E-state index < -0.39 is 0 Å². The van der Waals surface area contributed by atoms with Gasteiger partial charge in [-0.15, -0.1) is 0 Å². The van der Waals surface area contributed by atoms with E-state index in [2.05, 4.69) is 46.0 Å². The highest BCUT2D eigenvalue weighted by Crippen LogP contribution is 2.41. The molecular weight excluding hydrogens is 518 g/mol. The fourth-order valence-electron chi connectivity index (χ4n) is 5.17. The van der Waals surface area contributed by atoms with Crippen LogP contribution in [0.2, 0.25) is 5.02 Å². The quantitative estimate of drug-likeness (QED) is 0.295. The predicted molar refractivity (Wildman–Crippen MR) is 147 cm³/mol. The first-order valence-corrected chi connectivity index (χ1v) is 13.6. The van der Waals surface area contributed by atoms with Crippen molar-refractivity contribution >= 4 is 40.2 Å². The van der Waals surface area contributed by atoms with E-state index in [9.17, 15) is 5.11 Å². The third-order valence-electron chi connectivity index (χ3n) is 7.54. The SMILES string of the molecule is Cn1c(Nc2cc(C(C)(C)C)n([C@H]3C[C@H](O)C3)n2)nc2ncc(Oc3cnc4cnc(C5CC5)n4c3)c(Cl)c21. The van der Waals surface area contributed by atoms with E-state index in [1.54, 1.807) is 18.6 Å². The molecule has 11 nitrogen and oxygen atoms in total. The number of nitrogens with zero attached hydrogens (tertiary/aromatic N) is 8. The second-order valence-electron chi connectivity index (χ2n) is 11.6. The van der Waals surface area contributed by atoms with Crippen molar-refractivity contribution in [3.8, 4) is 11.5 Å². The summed E-state index contributed by atoms with van der Waals surface area (Å²) in [6.07, 6.45) is 10.4. The van der Waals surface area contributed by atoms with Gasteiger partial charge in [-0.05, 0) is 25.7 Å². The average molecular weight is 548 g/mol. The van der Waals surface area contributed by atoms with Crippen LogP contribution in [0.3, 0.4) is 0 Å². The maximum absolute atomic E-state index is 9.84. The largest absolute Gasteiger partial charge is 0.451 e. The molecule has 0 aromatic carbocycles. The van der Waals surface area contributed by atoms with Crippen molar-refractivity contribution in [2.75, 3.05) is 5.32 Å². The van der Waals surface area contributed by atoms with Crippen LogP contribution in [0.4, 0.5) is 11.8 Å². The van der Waals surface area contributed by atoms with Crippen molar-refractivity contribution in [1.82, 2.24) is 38.7 Å². The van der Waals surface area contributed by atoms with Crippen LogP contribution in [0.1, 0.15) is 69.9 Å². The summed E-state index contributed by atoms with van der Waals surface area (Å²) >= 11 is 6.84. The Kier molecular flexibility index (Phi) is 5.40. The number of aliphatic hydroxyl groups excluding tert-OH is 1. The monoisotopic (exact) mass is 547 g/mol. The summed E-state index contributed by atoms with van der Waals surface area (Å²) in [4.78, 5) is 18.2. The molecule has 7 rings (SSSR count). The van der Waals surface area contributed by atoms with Crippen molar-refractivity contribution < 1.29 is 9.84 Å². The van der Waals surface area contributed by atoms with Crippen molar-refractivity contribution in [1.29, 1.82) is 0 Å². The zero-order valence-electron chi connectivity index (χ0n) is 22.3. The highest BCUT2D eigenvalue weighted by Gasteiger charge is 2.34. The molecule has 0 spiro atoms. The van der Waals surface area contributed by atoms with Gasteiger partial charge >= 0.3 is 0 Å². The van der Waals surface area contributed by atoms with Crippen LogP contribution >= 0.6 is 11.6 Å². The van der Waals surface area contributed by atoms with Gasteiger partial charge < -0.3 is 19.7 Å². The smallest absolute Gasteiger partial charge is 0.210 e. The van der Waals surface area contributed by atoms with E-state index in [0.29, 0.717) is 58.2 Å². The first-order valence-electron chi connectivity index (χ1n) is 13.2. The number of rotatable bonds is 6. The number of aryl methyl sites for hydroxylation is 1. The van der Waals surface area contributed by atoms with Gasteiger partial charge in [-0.25, -0.2) is 15.0 Å². The lowest BCUT2D eigenvalue weighted by atomic mass is 9.87. The Bertz CT molecular complexity index is 1720. The minimum atomic E-state index is -0.259. The maximum atomic E-state index is 9.84. The minimum absolute atomic E-state index is 0.106. The van der Waals surface area contributed by atoms with Gasteiger partial charge in [0.2, 0.25) is 5.95 Å². The highest BCUT2D eigenvalue weighted by atomic mass is 35.5. The number of nitrogens with one attached hydrogen (secondary N) is 1. The molecule has 5 heterocycles. The molecule has 0 saturated heterocycles. The molecule has 2 aliphatic carbocycles. The number of ether oxygens (including phenoxy) is 1.